The Labute approximate surface area is 188 Å². The zero-order valence-corrected chi connectivity index (χ0v) is 20.5. The van der Waals surface area contributed by atoms with Crippen LogP contribution in [0.15, 0.2) is 12.3 Å². The van der Waals surface area contributed by atoms with Crippen molar-refractivity contribution in [1.82, 2.24) is 0 Å². The van der Waals surface area contributed by atoms with Crippen LogP contribution in [0.1, 0.15) is 124 Å². The van der Waals surface area contributed by atoms with Crippen LogP contribution in [0, 0.1) is 0 Å². The molecule has 0 spiro atoms. The lowest BCUT2D eigenvalue weighted by atomic mass is 10.1. The Hall–Kier alpha value is -0.580. The highest BCUT2D eigenvalue weighted by Crippen LogP contribution is 2.10. The molecule has 0 aliphatic rings. The van der Waals surface area contributed by atoms with Crippen LogP contribution in [0.25, 0.3) is 0 Å². The van der Waals surface area contributed by atoms with Gasteiger partial charge in [0.05, 0.1) is 12.9 Å². The summed E-state index contributed by atoms with van der Waals surface area (Å²) in [4.78, 5) is 0. The normalized spacial score (nSPS) is 11.7. The molecule has 0 aliphatic heterocycles. The molecule has 0 saturated heterocycles. The Kier molecular flexibility index (Phi) is 25.9. The third kappa shape index (κ3) is 23.7. The van der Waals surface area contributed by atoms with Gasteiger partial charge in [0.1, 0.15) is 0 Å². The summed E-state index contributed by atoms with van der Waals surface area (Å²) < 4.78 is 22.8. The molecule has 0 aromatic carbocycles. The van der Waals surface area contributed by atoms with Gasteiger partial charge in [0, 0.05) is 19.6 Å². The van der Waals surface area contributed by atoms with Gasteiger partial charge in [-0.2, -0.15) is 0 Å². The number of unbranched alkanes of at least 4 members (excludes halogenated alkanes) is 11. The number of hydrogen-bond acceptors (Lipinski definition) is 4. The average molecular weight is 429 g/mol. The Morgan fingerprint density at radius 3 is 1.70 bits per heavy atom. The van der Waals surface area contributed by atoms with Gasteiger partial charge >= 0.3 is 0 Å². The molecule has 0 radical (unpaired) electrons. The van der Waals surface area contributed by atoms with E-state index >= 15 is 0 Å². The van der Waals surface area contributed by atoms with Gasteiger partial charge in [0.25, 0.3) is 0 Å². The van der Waals surface area contributed by atoms with E-state index in [4.69, 9.17) is 18.9 Å². The van der Waals surface area contributed by atoms with E-state index in [1.807, 2.05) is 6.08 Å². The molecule has 0 aromatic rings. The van der Waals surface area contributed by atoms with E-state index in [9.17, 15) is 0 Å². The quantitative estimate of drug-likeness (QED) is 0.0835. The molecule has 0 atom stereocenters. The molecule has 0 N–H and O–H groups in total. The molecule has 0 unspecified atom stereocenters. The lowest BCUT2D eigenvalue weighted by molar-refractivity contribution is -0.146. The van der Waals surface area contributed by atoms with Gasteiger partial charge in [-0.3, -0.25) is 0 Å². The second-order valence-electron chi connectivity index (χ2n) is 8.20. The van der Waals surface area contributed by atoms with E-state index in [0.29, 0.717) is 6.79 Å². The Morgan fingerprint density at radius 1 is 0.600 bits per heavy atom. The predicted molar refractivity (Wildman–Crippen MR) is 128 cm³/mol. The summed E-state index contributed by atoms with van der Waals surface area (Å²) >= 11 is 0. The summed E-state index contributed by atoms with van der Waals surface area (Å²) in [5.41, 5.74) is 0. The topological polar surface area (TPSA) is 36.9 Å². The van der Waals surface area contributed by atoms with Crippen molar-refractivity contribution >= 4 is 0 Å². The van der Waals surface area contributed by atoms with Crippen LogP contribution in [-0.4, -0.2) is 32.9 Å². The molecule has 180 valence electrons. The summed E-state index contributed by atoms with van der Waals surface area (Å²) in [7, 11) is 0. The van der Waals surface area contributed by atoms with Crippen molar-refractivity contribution in [3.63, 3.8) is 0 Å². The van der Waals surface area contributed by atoms with E-state index in [-0.39, 0.29) is 6.29 Å². The first-order chi connectivity index (χ1) is 14.8. The number of rotatable bonds is 25. The summed E-state index contributed by atoms with van der Waals surface area (Å²) in [5, 5.41) is 0. The van der Waals surface area contributed by atoms with E-state index in [1.165, 1.54) is 70.6 Å². The molecule has 0 amide bonds. The third-order valence-corrected chi connectivity index (χ3v) is 5.16. The van der Waals surface area contributed by atoms with Crippen LogP contribution in [0.2, 0.25) is 0 Å². The van der Waals surface area contributed by atoms with E-state index in [1.54, 1.807) is 6.26 Å². The lowest BCUT2D eigenvalue weighted by Gasteiger charge is -2.18. The zero-order chi connectivity index (χ0) is 22.0. The zero-order valence-electron chi connectivity index (χ0n) is 20.5. The van der Waals surface area contributed by atoms with Gasteiger partial charge in [-0.25, -0.2) is 0 Å². The highest BCUT2D eigenvalue weighted by molar-refractivity contribution is 4.73. The summed E-state index contributed by atoms with van der Waals surface area (Å²) in [6.07, 6.45) is 23.1. The minimum absolute atomic E-state index is 0.0958. The first-order valence-corrected chi connectivity index (χ1v) is 12.9. The summed E-state index contributed by atoms with van der Waals surface area (Å²) in [6, 6.07) is 0. The highest BCUT2D eigenvalue weighted by atomic mass is 16.7. The fourth-order valence-electron chi connectivity index (χ4n) is 3.20. The van der Waals surface area contributed by atoms with E-state index in [2.05, 4.69) is 20.8 Å². The van der Waals surface area contributed by atoms with Crippen LogP contribution in [0.4, 0.5) is 0 Å². The molecular formula is C26H52O4. The molecule has 0 rings (SSSR count). The number of ether oxygens (including phenoxy) is 4. The molecule has 30 heavy (non-hydrogen) atoms. The van der Waals surface area contributed by atoms with Crippen molar-refractivity contribution in [3.8, 4) is 0 Å². The largest absolute Gasteiger partial charge is 0.475 e. The van der Waals surface area contributed by atoms with Crippen molar-refractivity contribution < 1.29 is 18.9 Å². The summed E-state index contributed by atoms with van der Waals surface area (Å²) in [5.74, 6) is 0. The monoisotopic (exact) mass is 428 g/mol. The van der Waals surface area contributed by atoms with Crippen molar-refractivity contribution in [3.05, 3.63) is 12.3 Å². The molecule has 0 bridgehead atoms. The van der Waals surface area contributed by atoms with Gasteiger partial charge in [-0.15, -0.1) is 0 Å². The lowest BCUT2D eigenvalue weighted by Crippen LogP contribution is -2.18. The van der Waals surface area contributed by atoms with Crippen molar-refractivity contribution in [2.45, 2.75) is 130 Å². The molecule has 0 fully saturated rings. The standard InChI is InChI=1S/C26H52O4/c1-4-7-10-11-12-13-14-18-21-27-25-28-22-19-15-20-26(29-23-16-8-5-2)30-24-17-9-6-3/h19,22,26H,4-18,20-21,23-25H2,1-3H3. The van der Waals surface area contributed by atoms with Crippen LogP contribution < -0.4 is 0 Å². The first-order valence-electron chi connectivity index (χ1n) is 12.9. The number of allylic oxidation sites excluding steroid dienone is 1. The maximum Gasteiger partial charge on any atom is 0.188 e. The minimum atomic E-state index is -0.0958. The maximum atomic E-state index is 5.92. The van der Waals surface area contributed by atoms with Crippen molar-refractivity contribution in [1.29, 1.82) is 0 Å². The van der Waals surface area contributed by atoms with Gasteiger partial charge in [0.2, 0.25) is 0 Å². The number of hydrogen-bond donors (Lipinski definition) is 0. The molecule has 0 heterocycles. The minimum Gasteiger partial charge on any atom is -0.475 e. The maximum absolute atomic E-state index is 5.92. The molecule has 4 heteroatoms. The van der Waals surface area contributed by atoms with Crippen LogP contribution >= 0.6 is 0 Å². The molecule has 0 aliphatic carbocycles. The molecule has 0 aromatic heterocycles. The predicted octanol–water partition coefficient (Wildman–Crippen LogP) is 8.15. The Bertz CT molecular complexity index is 321. The smallest absolute Gasteiger partial charge is 0.188 e. The SMILES string of the molecule is CCCCCCCCCCOCOC=CCCC(OCCCCC)OCCCCC. The molecular weight excluding hydrogens is 376 g/mol. The van der Waals surface area contributed by atoms with E-state index < -0.39 is 0 Å². The fraction of sp³-hybridized carbons (Fsp3) is 0.923. The van der Waals surface area contributed by atoms with Gasteiger partial charge in [-0.05, 0) is 31.8 Å². The fourth-order valence-corrected chi connectivity index (χ4v) is 3.20. The Balaban J connectivity index is 3.59. The molecule has 0 saturated carbocycles. The Morgan fingerprint density at radius 2 is 1.10 bits per heavy atom. The first kappa shape index (κ1) is 29.4. The van der Waals surface area contributed by atoms with Crippen molar-refractivity contribution in [2.75, 3.05) is 26.6 Å². The van der Waals surface area contributed by atoms with Crippen LogP contribution in [0.3, 0.4) is 0 Å². The van der Waals surface area contributed by atoms with Crippen LogP contribution in [0.5, 0.6) is 0 Å². The second kappa shape index (κ2) is 26.5. The van der Waals surface area contributed by atoms with Crippen LogP contribution in [-0.2, 0) is 18.9 Å². The third-order valence-electron chi connectivity index (χ3n) is 5.16. The van der Waals surface area contributed by atoms with E-state index in [0.717, 1.165) is 51.9 Å². The average Bonchev–Trinajstić information content (AvgIpc) is 2.76. The van der Waals surface area contributed by atoms with Gasteiger partial charge in [-0.1, -0.05) is 91.4 Å². The van der Waals surface area contributed by atoms with Gasteiger partial charge in [0.15, 0.2) is 13.1 Å². The van der Waals surface area contributed by atoms with Crippen molar-refractivity contribution in [2.24, 2.45) is 0 Å². The molecule has 4 nitrogen and oxygen atoms in total. The van der Waals surface area contributed by atoms with Gasteiger partial charge < -0.3 is 18.9 Å². The summed E-state index contributed by atoms with van der Waals surface area (Å²) in [6.45, 7) is 9.41. The second-order valence-corrected chi connectivity index (χ2v) is 8.20. The highest BCUT2D eigenvalue weighted by Gasteiger charge is 2.08.